The molecule has 9 heteroatoms. The molecular weight excluding hydrogens is 436 g/mol. The molecule has 0 amide bonds. The molecule has 1 aromatic carbocycles. The van der Waals surface area contributed by atoms with E-state index in [1.54, 1.807) is 29.7 Å². The number of morpholine rings is 1. The van der Waals surface area contributed by atoms with E-state index in [1.165, 1.54) is 10.9 Å². The van der Waals surface area contributed by atoms with Crippen molar-refractivity contribution < 1.29 is 23.0 Å². The molecule has 4 aromatic rings. The molecule has 0 aliphatic carbocycles. The molecule has 0 bridgehead atoms. The van der Waals surface area contributed by atoms with E-state index in [1.807, 2.05) is 12.3 Å². The van der Waals surface area contributed by atoms with Crippen molar-refractivity contribution in [3.63, 3.8) is 0 Å². The Morgan fingerprint density at radius 2 is 1.97 bits per heavy atom. The number of nitrogens with one attached hydrogen (secondary N) is 1. The average molecular weight is 455 g/mol. The van der Waals surface area contributed by atoms with Gasteiger partial charge in [-0.05, 0) is 24.3 Å². The van der Waals surface area contributed by atoms with Crippen molar-refractivity contribution in [2.24, 2.45) is 0 Å². The van der Waals surface area contributed by atoms with Gasteiger partial charge in [-0.2, -0.15) is 0 Å². The molecule has 0 unspecified atom stereocenters. The molecule has 6 nitrogen and oxygen atoms in total. The maximum atomic E-state index is 13.7. The molecule has 0 spiro atoms. The van der Waals surface area contributed by atoms with E-state index in [0.717, 1.165) is 54.2 Å². The number of H-pyrrole nitrogens is 1. The molecule has 1 fully saturated rings. The van der Waals surface area contributed by atoms with E-state index in [4.69, 9.17) is 9.47 Å². The van der Waals surface area contributed by atoms with E-state index in [-0.39, 0.29) is 11.5 Å². The molecule has 0 radical (unpaired) electrons. The Kier molecular flexibility index (Phi) is 4.63. The summed E-state index contributed by atoms with van der Waals surface area (Å²) in [6.45, 7) is 4.35. The summed E-state index contributed by atoms with van der Waals surface area (Å²) in [6.07, 6.45) is -0.0763. The lowest BCUT2D eigenvalue weighted by Crippen LogP contribution is -2.35. The maximum absolute atomic E-state index is 13.7. The van der Waals surface area contributed by atoms with E-state index in [2.05, 4.69) is 31.7 Å². The van der Waals surface area contributed by atoms with Crippen LogP contribution in [0.4, 0.5) is 8.78 Å². The van der Waals surface area contributed by atoms with Gasteiger partial charge in [-0.25, -0.2) is 4.98 Å². The van der Waals surface area contributed by atoms with Gasteiger partial charge >= 0.3 is 6.29 Å². The molecule has 0 atom stereocenters. The first-order chi connectivity index (χ1) is 15.6. The molecule has 6 rings (SSSR count). The minimum Gasteiger partial charge on any atom is -0.395 e. The number of nitrogens with zero attached hydrogens (tertiary/aromatic N) is 2. The Morgan fingerprint density at radius 1 is 1.09 bits per heavy atom. The van der Waals surface area contributed by atoms with Crippen LogP contribution in [0.2, 0.25) is 0 Å². The van der Waals surface area contributed by atoms with Crippen LogP contribution in [-0.2, 0) is 11.3 Å². The summed E-state index contributed by atoms with van der Waals surface area (Å²) in [5.41, 5.74) is 2.92. The van der Waals surface area contributed by atoms with Crippen LogP contribution < -0.4 is 9.47 Å². The van der Waals surface area contributed by atoms with Crippen molar-refractivity contribution in [1.29, 1.82) is 0 Å². The van der Waals surface area contributed by atoms with Crippen LogP contribution in [0.25, 0.3) is 32.6 Å². The van der Waals surface area contributed by atoms with Gasteiger partial charge in [-0.1, -0.05) is 12.1 Å². The average Bonchev–Trinajstić information content (AvgIpc) is 3.49. The normalized spacial score (nSPS) is 17.8. The third kappa shape index (κ3) is 3.52. The van der Waals surface area contributed by atoms with Crippen LogP contribution in [0.15, 0.2) is 48.8 Å². The number of thiophene rings is 1. The summed E-state index contributed by atoms with van der Waals surface area (Å²) in [4.78, 5) is 12.5. The fraction of sp³-hybridized carbons (Fsp3) is 0.261. The van der Waals surface area contributed by atoms with Crippen LogP contribution in [0.3, 0.4) is 0 Å². The number of fused-ring (bicyclic) bond motifs is 2. The lowest BCUT2D eigenvalue weighted by molar-refractivity contribution is -0.286. The topological polar surface area (TPSA) is 59.6 Å². The second-order valence-electron chi connectivity index (χ2n) is 7.78. The van der Waals surface area contributed by atoms with Gasteiger partial charge in [-0.15, -0.1) is 20.1 Å². The number of hydrogen-bond donors (Lipinski definition) is 1. The number of benzene rings is 1. The highest BCUT2D eigenvalue weighted by Gasteiger charge is 2.44. The predicted octanol–water partition coefficient (Wildman–Crippen LogP) is 5.11. The Labute approximate surface area is 186 Å². The van der Waals surface area contributed by atoms with Gasteiger partial charge in [-0.3, -0.25) is 4.90 Å². The molecule has 164 valence electrons. The number of hydrogen-bond acceptors (Lipinski definition) is 6. The third-order valence-electron chi connectivity index (χ3n) is 5.68. The summed E-state index contributed by atoms with van der Waals surface area (Å²) >= 11 is 1.74. The summed E-state index contributed by atoms with van der Waals surface area (Å²) in [7, 11) is 0. The predicted molar refractivity (Wildman–Crippen MR) is 117 cm³/mol. The summed E-state index contributed by atoms with van der Waals surface area (Å²) in [5, 5.41) is 0.831. The molecule has 32 heavy (non-hydrogen) atoms. The lowest BCUT2D eigenvalue weighted by Gasteiger charge is -2.25. The molecule has 5 heterocycles. The zero-order valence-electron chi connectivity index (χ0n) is 16.9. The molecule has 0 saturated carbocycles. The number of para-hydroxylation sites is 1. The van der Waals surface area contributed by atoms with E-state index < -0.39 is 6.29 Å². The van der Waals surface area contributed by atoms with Gasteiger partial charge in [0.05, 0.1) is 13.2 Å². The number of ether oxygens (including phenoxy) is 3. The van der Waals surface area contributed by atoms with Crippen molar-refractivity contribution in [2.75, 3.05) is 26.3 Å². The standard InChI is InChI=1S/C23H19F2N3O3S/c24-23(25)30-19-3-1-2-16(21(19)31-23)18-12-27-22-17(18)10-14(11-26-22)20-5-4-15(32-20)13-28-6-8-29-9-7-28/h1-5,10-12H,6-9,13H2,(H,26,27). The van der Waals surface area contributed by atoms with Crippen LogP contribution in [0.1, 0.15) is 4.88 Å². The zero-order chi connectivity index (χ0) is 21.7. The largest absolute Gasteiger partial charge is 0.586 e. The van der Waals surface area contributed by atoms with Crippen LogP contribution in [-0.4, -0.2) is 47.5 Å². The molecule has 2 aliphatic rings. The number of aromatic nitrogens is 2. The Morgan fingerprint density at radius 3 is 2.84 bits per heavy atom. The number of rotatable bonds is 4. The first-order valence-corrected chi connectivity index (χ1v) is 11.1. The summed E-state index contributed by atoms with van der Waals surface area (Å²) in [5.74, 6) is 0.0599. The lowest BCUT2D eigenvalue weighted by atomic mass is 10.0. The smallest absolute Gasteiger partial charge is 0.395 e. The van der Waals surface area contributed by atoms with Crippen LogP contribution >= 0.6 is 11.3 Å². The highest BCUT2D eigenvalue weighted by atomic mass is 32.1. The Balaban J connectivity index is 1.34. The number of halogens is 2. The van der Waals surface area contributed by atoms with Crippen molar-refractivity contribution in [2.45, 2.75) is 12.8 Å². The number of pyridine rings is 1. The fourth-order valence-corrected chi connectivity index (χ4v) is 5.17. The Bertz CT molecular complexity index is 1300. The fourth-order valence-electron chi connectivity index (χ4n) is 4.14. The van der Waals surface area contributed by atoms with Crippen molar-refractivity contribution in [3.05, 3.63) is 53.7 Å². The highest BCUT2D eigenvalue weighted by molar-refractivity contribution is 7.15. The number of alkyl halides is 2. The zero-order valence-corrected chi connectivity index (χ0v) is 17.8. The van der Waals surface area contributed by atoms with Gasteiger partial charge in [0.1, 0.15) is 5.65 Å². The summed E-state index contributed by atoms with van der Waals surface area (Å²) < 4.78 is 42.1. The second-order valence-corrected chi connectivity index (χ2v) is 8.95. The molecular formula is C23H19F2N3O3S. The van der Waals surface area contributed by atoms with Crippen LogP contribution in [0.5, 0.6) is 11.5 Å². The molecule has 1 saturated heterocycles. The summed E-state index contributed by atoms with van der Waals surface area (Å²) in [6, 6.07) is 11.2. The third-order valence-corrected chi connectivity index (χ3v) is 6.80. The van der Waals surface area contributed by atoms with Gasteiger partial charge in [0.25, 0.3) is 0 Å². The second kappa shape index (κ2) is 7.54. The van der Waals surface area contributed by atoms with Gasteiger partial charge < -0.3 is 19.2 Å². The Hall–Kier alpha value is -3.01. The molecule has 1 N–H and O–H groups in total. The first kappa shape index (κ1) is 19.7. The maximum Gasteiger partial charge on any atom is 0.586 e. The van der Waals surface area contributed by atoms with E-state index >= 15 is 0 Å². The molecule has 2 aliphatic heterocycles. The quantitative estimate of drug-likeness (QED) is 0.463. The monoisotopic (exact) mass is 455 g/mol. The minimum atomic E-state index is -3.66. The SMILES string of the molecule is FC1(F)Oc2cccc(-c3c[nH]c4ncc(-c5ccc(CN6CCOCC6)s5)cc34)c2O1. The van der Waals surface area contributed by atoms with Gasteiger partial charge in [0.2, 0.25) is 0 Å². The van der Waals surface area contributed by atoms with E-state index in [9.17, 15) is 8.78 Å². The molecule has 3 aromatic heterocycles. The first-order valence-electron chi connectivity index (χ1n) is 10.3. The number of aromatic amines is 1. The van der Waals surface area contributed by atoms with E-state index in [0.29, 0.717) is 11.2 Å². The van der Waals surface area contributed by atoms with Crippen molar-refractivity contribution in [3.8, 4) is 33.1 Å². The van der Waals surface area contributed by atoms with Gasteiger partial charge in [0.15, 0.2) is 11.5 Å². The van der Waals surface area contributed by atoms with Crippen molar-refractivity contribution in [1.82, 2.24) is 14.9 Å². The highest BCUT2D eigenvalue weighted by Crippen LogP contribution is 2.48. The minimum absolute atomic E-state index is 0.0250. The van der Waals surface area contributed by atoms with Crippen LogP contribution in [0, 0.1) is 0 Å². The van der Waals surface area contributed by atoms with Gasteiger partial charge in [0, 0.05) is 63.9 Å². The van der Waals surface area contributed by atoms with Crippen molar-refractivity contribution >= 4 is 22.4 Å².